The zero-order chi connectivity index (χ0) is 19.8. The zero-order valence-corrected chi connectivity index (χ0v) is 15.9. The first-order valence-corrected chi connectivity index (χ1v) is 8.88. The summed E-state index contributed by atoms with van der Waals surface area (Å²) in [5, 5.41) is 16.4. The van der Waals surface area contributed by atoms with Gasteiger partial charge in [0.05, 0.1) is 4.92 Å². The number of nitro benzene ring substituents is 1. The third kappa shape index (κ3) is 6.03. The van der Waals surface area contributed by atoms with Gasteiger partial charge in [0.2, 0.25) is 0 Å². The number of carbonyl (C=O) groups is 1. The second-order valence-electron chi connectivity index (χ2n) is 5.94. The third-order valence-corrected chi connectivity index (χ3v) is 4.23. The van der Waals surface area contributed by atoms with E-state index >= 15 is 0 Å². The van der Waals surface area contributed by atoms with Crippen molar-refractivity contribution in [1.82, 2.24) is 5.32 Å². The maximum Gasteiger partial charge on any atom is 0.269 e. The molecule has 0 aliphatic carbocycles. The number of para-hydroxylation sites is 1. The van der Waals surface area contributed by atoms with Crippen molar-refractivity contribution >= 4 is 34.6 Å². The molecule has 8 heteroatoms. The molecule has 2 rings (SSSR count). The quantitative estimate of drug-likeness (QED) is 0.424. The Balaban J connectivity index is 1.87. The molecule has 0 heterocycles. The summed E-state index contributed by atoms with van der Waals surface area (Å²) >= 11 is 5.20. The highest BCUT2D eigenvalue weighted by atomic mass is 32.1. The van der Waals surface area contributed by atoms with Gasteiger partial charge in [-0.15, -0.1) is 0 Å². The number of ether oxygens (including phenoxy) is 1. The fraction of sp³-hybridized carbons (Fsp3) is 0.263. The van der Waals surface area contributed by atoms with E-state index in [1.54, 1.807) is 0 Å². The van der Waals surface area contributed by atoms with Crippen LogP contribution in [0, 0.1) is 10.1 Å². The summed E-state index contributed by atoms with van der Waals surface area (Å²) < 4.78 is 5.31. The lowest BCUT2D eigenvalue weighted by Crippen LogP contribution is -2.37. The van der Waals surface area contributed by atoms with E-state index in [2.05, 4.69) is 24.5 Å². The predicted molar refractivity (Wildman–Crippen MR) is 108 cm³/mol. The molecule has 0 aliphatic rings. The lowest BCUT2D eigenvalue weighted by atomic mass is 9.97. The van der Waals surface area contributed by atoms with E-state index in [-0.39, 0.29) is 17.4 Å². The highest BCUT2D eigenvalue weighted by Crippen LogP contribution is 2.26. The Bertz CT molecular complexity index is 824. The number of carbonyl (C=O) groups excluding carboxylic acids is 1. The van der Waals surface area contributed by atoms with Gasteiger partial charge in [0.25, 0.3) is 11.6 Å². The number of nitro groups is 1. The molecule has 0 aromatic heterocycles. The molecule has 1 amide bonds. The first kappa shape index (κ1) is 20.3. The van der Waals surface area contributed by atoms with Gasteiger partial charge in [0.1, 0.15) is 5.75 Å². The minimum atomic E-state index is -0.502. The first-order chi connectivity index (χ1) is 12.9. The summed E-state index contributed by atoms with van der Waals surface area (Å²) in [5.41, 5.74) is 1.93. The van der Waals surface area contributed by atoms with Crippen molar-refractivity contribution in [1.29, 1.82) is 0 Å². The van der Waals surface area contributed by atoms with E-state index in [0.29, 0.717) is 11.7 Å². The van der Waals surface area contributed by atoms with E-state index < -0.39 is 10.8 Å². The number of anilines is 1. The Labute approximate surface area is 162 Å². The number of hydrogen-bond acceptors (Lipinski definition) is 5. The van der Waals surface area contributed by atoms with E-state index in [0.717, 1.165) is 17.7 Å². The summed E-state index contributed by atoms with van der Waals surface area (Å²) in [6.07, 6.45) is 0.987. The second kappa shape index (κ2) is 9.63. The Hall–Kier alpha value is -3.00. The van der Waals surface area contributed by atoms with E-state index in [4.69, 9.17) is 17.0 Å². The van der Waals surface area contributed by atoms with Crippen molar-refractivity contribution in [3.8, 4) is 5.75 Å². The normalized spacial score (nSPS) is 11.3. The standard InChI is InChI=1S/C19H21N3O4S/c1-3-13(2)16-6-4-5-7-17(16)20-19(27)21-18(23)12-26-15-10-8-14(9-11-15)22(24)25/h4-11,13H,3,12H2,1-2H3,(H2,20,21,23,27)/t13-/m0/s1. The minimum absolute atomic E-state index is 0.0443. The van der Waals surface area contributed by atoms with Gasteiger partial charge in [0.15, 0.2) is 11.7 Å². The molecule has 0 bridgehead atoms. The SMILES string of the molecule is CC[C@H](C)c1ccccc1NC(=S)NC(=O)COc1ccc([N+](=O)[O-])cc1. The molecule has 1 atom stereocenters. The summed E-state index contributed by atoms with van der Waals surface area (Å²) in [4.78, 5) is 22.1. The Morgan fingerprint density at radius 3 is 2.52 bits per heavy atom. The number of rotatable bonds is 7. The van der Waals surface area contributed by atoms with Crippen LogP contribution in [0.25, 0.3) is 0 Å². The van der Waals surface area contributed by atoms with Crippen molar-refractivity contribution in [2.75, 3.05) is 11.9 Å². The Morgan fingerprint density at radius 1 is 1.22 bits per heavy atom. The minimum Gasteiger partial charge on any atom is -0.484 e. The molecule has 0 saturated heterocycles. The van der Waals surface area contributed by atoms with Gasteiger partial charge in [-0.1, -0.05) is 32.0 Å². The number of hydrogen-bond donors (Lipinski definition) is 2. The van der Waals surface area contributed by atoms with Crippen molar-refractivity contribution < 1.29 is 14.5 Å². The summed E-state index contributed by atoms with van der Waals surface area (Å²) in [6.45, 7) is 3.98. The number of benzene rings is 2. The van der Waals surface area contributed by atoms with Crippen molar-refractivity contribution in [3.63, 3.8) is 0 Å². The molecule has 0 fully saturated rings. The van der Waals surface area contributed by atoms with Crippen LogP contribution < -0.4 is 15.4 Å². The molecule has 27 heavy (non-hydrogen) atoms. The Kier molecular flexibility index (Phi) is 7.25. The summed E-state index contributed by atoms with van der Waals surface area (Å²) in [7, 11) is 0. The van der Waals surface area contributed by atoms with E-state index in [1.807, 2.05) is 24.3 Å². The molecule has 2 aromatic carbocycles. The molecule has 0 radical (unpaired) electrons. The topological polar surface area (TPSA) is 93.5 Å². The smallest absolute Gasteiger partial charge is 0.269 e. The van der Waals surface area contributed by atoms with Crippen molar-refractivity contribution in [2.45, 2.75) is 26.2 Å². The lowest BCUT2D eigenvalue weighted by Gasteiger charge is -2.17. The maximum atomic E-state index is 12.0. The van der Waals surface area contributed by atoms with E-state index in [9.17, 15) is 14.9 Å². The number of nitrogens with zero attached hydrogens (tertiary/aromatic N) is 1. The van der Waals surface area contributed by atoms with Gasteiger partial charge in [-0.25, -0.2) is 0 Å². The fourth-order valence-corrected chi connectivity index (χ4v) is 2.61. The van der Waals surface area contributed by atoms with Crippen LogP contribution in [-0.4, -0.2) is 22.5 Å². The van der Waals surface area contributed by atoms with Gasteiger partial charge < -0.3 is 10.1 Å². The number of nitrogens with one attached hydrogen (secondary N) is 2. The molecule has 7 nitrogen and oxygen atoms in total. The first-order valence-electron chi connectivity index (χ1n) is 8.47. The number of thiocarbonyl (C=S) groups is 1. The van der Waals surface area contributed by atoms with Crippen LogP contribution in [0.15, 0.2) is 48.5 Å². The molecule has 0 aliphatic heterocycles. The predicted octanol–water partition coefficient (Wildman–Crippen LogP) is 4.00. The molecule has 0 spiro atoms. The average Bonchev–Trinajstić information content (AvgIpc) is 2.66. The zero-order valence-electron chi connectivity index (χ0n) is 15.1. The van der Waals surface area contributed by atoms with E-state index in [1.165, 1.54) is 24.3 Å². The van der Waals surface area contributed by atoms with Crippen LogP contribution in [0.4, 0.5) is 11.4 Å². The maximum absolute atomic E-state index is 12.0. The fourth-order valence-electron chi connectivity index (χ4n) is 2.39. The van der Waals surface area contributed by atoms with Crippen LogP contribution in [0.1, 0.15) is 31.7 Å². The molecule has 2 aromatic rings. The molecule has 0 saturated carbocycles. The average molecular weight is 387 g/mol. The summed E-state index contributed by atoms with van der Waals surface area (Å²) in [5.74, 6) is 0.293. The summed E-state index contributed by atoms with van der Waals surface area (Å²) in [6, 6.07) is 13.3. The van der Waals surface area contributed by atoms with Crippen molar-refractivity contribution in [3.05, 3.63) is 64.2 Å². The molecule has 2 N–H and O–H groups in total. The van der Waals surface area contributed by atoms with Gasteiger partial charge >= 0.3 is 0 Å². The monoisotopic (exact) mass is 387 g/mol. The molecule has 142 valence electrons. The molecular formula is C19H21N3O4S. The lowest BCUT2D eigenvalue weighted by molar-refractivity contribution is -0.384. The van der Waals surface area contributed by atoms with Gasteiger partial charge in [-0.05, 0) is 48.3 Å². The second-order valence-corrected chi connectivity index (χ2v) is 6.35. The van der Waals surface area contributed by atoms with Crippen LogP contribution >= 0.6 is 12.2 Å². The van der Waals surface area contributed by atoms with Crippen LogP contribution in [-0.2, 0) is 4.79 Å². The van der Waals surface area contributed by atoms with Crippen LogP contribution in [0.5, 0.6) is 5.75 Å². The Morgan fingerprint density at radius 2 is 1.89 bits per heavy atom. The van der Waals surface area contributed by atoms with Crippen LogP contribution in [0.3, 0.4) is 0 Å². The highest BCUT2D eigenvalue weighted by Gasteiger charge is 2.12. The van der Waals surface area contributed by atoms with Gasteiger partial charge in [-0.2, -0.15) is 0 Å². The molecule has 0 unspecified atom stereocenters. The van der Waals surface area contributed by atoms with Gasteiger partial charge in [-0.3, -0.25) is 20.2 Å². The third-order valence-electron chi connectivity index (χ3n) is 4.02. The van der Waals surface area contributed by atoms with Crippen molar-refractivity contribution in [2.24, 2.45) is 0 Å². The molecular weight excluding hydrogens is 366 g/mol. The van der Waals surface area contributed by atoms with Crippen LogP contribution in [0.2, 0.25) is 0 Å². The largest absolute Gasteiger partial charge is 0.484 e. The number of non-ortho nitro benzene ring substituents is 1. The van der Waals surface area contributed by atoms with Gasteiger partial charge in [0, 0.05) is 17.8 Å². The number of amides is 1. The highest BCUT2D eigenvalue weighted by molar-refractivity contribution is 7.80.